The molecule has 0 amide bonds. The van der Waals surface area contributed by atoms with Crippen molar-refractivity contribution in [2.45, 2.75) is 48.7 Å². The average molecular weight is 645 g/mol. The van der Waals surface area contributed by atoms with Gasteiger partial charge in [-0.1, -0.05) is 0 Å². The van der Waals surface area contributed by atoms with E-state index in [1.165, 1.54) is 10.9 Å². The van der Waals surface area contributed by atoms with Crippen LogP contribution in [0.1, 0.15) is 12.5 Å². The van der Waals surface area contributed by atoms with E-state index >= 15 is 4.39 Å². The van der Waals surface area contributed by atoms with E-state index in [9.17, 15) is 28.8 Å². The lowest BCUT2D eigenvalue weighted by Gasteiger charge is -2.25. The molecule has 6 N–H and O–H groups in total. The number of phosphoric acid groups is 1. The molecule has 23 heteroatoms. The molecule has 10 atom stereocenters. The number of hydrogen-bond acceptors (Lipinski definition) is 15. The number of nitrogen functional groups attached to an aromatic ring is 1. The van der Waals surface area contributed by atoms with Gasteiger partial charge >= 0.3 is 15.4 Å². The van der Waals surface area contributed by atoms with Crippen molar-refractivity contribution in [1.29, 1.82) is 0 Å². The van der Waals surface area contributed by atoms with Crippen molar-refractivity contribution in [1.82, 2.24) is 39.0 Å². The number of fused-ring (bicyclic) bond motifs is 4. The minimum absolute atomic E-state index is 0.0335. The van der Waals surface area contributed by atoms with E-state index in [0.29, 0.717) is 0 Å². The number of aromatic amines is 1. The van der Waals surface area contributed by atoms with Crippen LogP contribution in [0.4, 0.5) is 10.2 Å². The Morgan fingerprint density at radius 1 is 0.953 bits per heavy atom. The van der Waals surface area contributed by atoms with Gasteiger partial charge in [-0.15, -0.1) is 0 Å². The number of alkyl halides is 1. The lowest BCUT2D eigenvalue weighted by atomic mass is 10.1. The van der Waals surface area contributed by atoms with Crippen LogP contribution in [0.5, 0.6) is 0 Å². The lowest BCUT2D eigenvalue weighted by Crippen LogP contribution is -2.35. The van der Waals surface area contributed by atoms with Crippen LogP contribution in [0.2, 0.25) is 0 Å². The summed E-state index contributed by atoms with van der Waals surface area (Å²) in [5, 5.41) is 11.2. The van der Waals surface area contributed by atoms with Crippen LogP contribution in [0, 0.1) is 0 Å². The van der Waals surface area contributed by atoms with Crippen LogP contribution < -0.4 is 11.3 Å². The summed E-state index contributed by atoms with van der Waals surface area (Å²) in [6.07, 6.45) is -7.32. The number of halogens is 1. The molecule has 43 heavy (non-hydrogen) atoms. The molecule has 0 spiro atoms. The number of rotatable bonds is 2. The summed E-state index contributed by atoms with van der Waals surface area (Å²) in [6, 6.07) is 0. The van der Waals surface area contributed by atoms with E-state index in [-0.39, 0.29) is 28.1 Å². The normalized spacial score (nSPS) is 38.6. The number of nitrogens with zero attached hydrogens (tertiary/aromatic N) is 7. The highest BCUT2D eigenvalue weighted by Crippen LogP contribution is 2.58. The van der Waals surface area contributed by atoms with Crippen LogP contribution in [-0.4, -0.2) is 103 Å². The first-order valence-corrected chi connectivity index (χ1v) is 15.7. The molecule has 4 aromatic rings. The maximum Gasteiger partial charge on any atom is 0.472 e. The highest BCUT2D eigenvalue weighted by atomic mass is 31.2. The second-order valence-corrected chi connectivity index (χ2v) is 13.3. The van der Waals surface area contributed by atoms with E-state index in [1.54, 1.807) is 0 Å². The third-order valence-corrected chi connectivity index (χ3v) is 10.3. The highest BCUT2D eigenvalue weighted by Gasteiger charge is 2.58. The van der Waals surface area contributed by atoms with Crippen molar-refractivity contribution >= 4 is 43.6 Å². The van der Waals surface area contributed by atoms with Crippen molar-refractivity contribution < 1.29 is 51.5 Å². The monoisotopic (exact) mass is 645 g/mol. The fourth-order valence-electron chi connectivity index (χ4n) is 5.40. The molecule has 3 aliphatic rings. The molecule has 230 valence electrons. The Bertz CT molecular complexity index is 1870. The lowest BCUT2D eigenvalue weighted by molar-refractivity contribution is -0.0536. The maximum absolute atomic E-state index is 15.8. The number of H-pyrrole nitrogens is 1. The zero-order valence-corrected chi connectivity index (χ0v) is 23.2. The Morgan fingerprint density at radius 3 is 2.42 bits per heavy atom. The van der Waals surface area contributed by atoms with E-state index in [4.69, 9.17) is 28.8 Å². The summed E-state index contributed by atoms with van der Waals surface area (Å²) in [6.45, 7) is -1.67. The Balaban J connectivity index is 1.20. The van der Waals surface area contributed by atoms with Crippen LogP contribution in [0.25, 0.3) is 22.3 Å². The number of anilines is 1. The summed E-state index contributed by atoms with van der Waals surface area (Å²) >= 11 is 0. The number of ether oxygens (including phenoxy) is 2. The maximum atomic E-state index is 15.8. The van der Waals surface area contributed by atoms with Gasteiger partial charge in [-0.2, -0.15) is 0 Å². The van der Waals surface area contributed by atoms with Crippen molar-refractivity contribution in [2.75, 3.05) is 18.9 Å². The van der Waals surface area contributed by atoms with Gasteiger partial charge in [0.05, 0.1) is 32.2 Å². The number of phosphoric ester groups is 1. The number of nitrogens with one attached hydrogen (secondary N) is 1. The van der Waals surface area contributed by atoms with Crippen molar-refractivity contribution in [3.63, 3.8) is 0 Å². The number of aliphatic hydroxyl groups excluding tert-OH is 1. The van der Waals surface area contributed by atoms with Gasteiger partial charge in [0.2, 0.25) is 0 Å². The molecule has 3 saturated heterocycles. The third-order valence-electron chi connectivity index (χ3n) is 7.36. The fourth-order valence-corrected chi connectivity index (χ4v) is 8.00. The van der Waals surface area contributed by atoms with Gasteiger partial charge in [-0.05, 0) is 0 Å². The molecule has 6 unspecified atom stereocenters. The molecule has 0 aliphatic carbocycles. The number of hydrogen-bond donors (Lipinski definition) is 5. The summed E-state index contributed by atoms with van der Waals surface area (Å²) in [7, 11) is -9.97. The molecule has 3 fully saturated rings. The molecule has 7 rings (SSSR count). The molecule has 0 radical (unpaired) electrons. The highest BCUT2D eigenvalue weighted by molar-refractivity contribution is 7.53. The van der Waals surface area contributed by atoms with Crippen LogP contribution >= 0.6 is 15.4 Å². The second kappa shape index (κ2) is 10.2. The van der Waals surface area contributed by atoms with E-state index in [0.717, 1.165) is 23.5 Å². The minimum atomic E-state index is -5.09. The smallest absolute Gasteiger partial charge is 0.387 e. The number of aromatic nitrogens is 8. The molecular formula is C20H22FN9O11P2. The standard InChI is InChI=1S/C20H22FN9O11P2/c21-9-13-7(39-19(9)29-6-28-11-17(29)25-4-26-18(11)32)1-37-42(33,34)14-8(2-38-43(35,36)41-13)40-20(12(14)31)30-5-27-10-15(22)23-3-24-16(10)30/h3-9,12-14,19-20,31H,1-2H2,(H,33,34)(H,35,36)(H2,22,23,24)(H,25,26,32)/t7?,8?,9-,12-,13-,14-,19?,20?/m1/s1. The Morgan fingerprint density at radius 2 is 1.63 bits per heavy atom. The van der Waals surface area contributed by atoms with Gasteiger partial charge in [0.15, 0.2) is 41.3 Å². The second-order valence-electron chi connectivity index (χ2n) is 9.89. The summed E-state index contributed by atoms with van der Waals surface area (Å²) < 4.78 is 71.6. The van der Waals surface area contributed by atoms with Gasteiger partial charge in [-0.3, -0.25) is 27.5 Å². The van der Waals surface area contributed by atoms with Crippen LogP contribution in [-0.2, 0) is 32.2 Å². The fraction of sp³-hybridized carbons (Fsp3) is 0.500. The zero-order chi connectivity index (χ0) is 30.3. The number of imidazole rings is 2. The summed E-state index contributed by atoms with van der Waals surface area (Å²) in [4.78, 5) is 55.8. The third kappa shape index (κ3) is 4.69. The molecule has 0 bridgehead atoms. The topological polar surface area (TPSA) is 274 Å². The Labute approximate surface area is 237 Å². The van der Waals surface area contributed by atoms with Crippen molar-refractivity contribution in [3.05, 3.63) is 35.7 Å². The van der Waals surface area contributed by atoms with Gasteiger partial charge in [0.1, 0.15) is 41.9 Å². The first-order valence-electron chi connectivity index (χ1n) is 12.5. The Kier molecular flexibility index (Phi) is 6.74. The van der Waals surface area contributed by atoms with E-state index < -0.39 is 82.9 Å². The van der Waals surface area contributed by atoms with Crippen molar-refractivity contribution in [2.24, 2.45) is 0 Å². The number of aliphatic hydroxyl groups is 1. The molecule has 20 nitrogen and oxygen atoms in total. The predicted molar refractivity (Wildman–Crippen MR) is 137 cm³/mol. The molecule has 7 heterocycles. The van der Waals surface area contributed by atoms with Gasteiger partial charge < -0.3 is 39.6 Å². The van der Waals surface area contributed by atoms with Gasteiger partial charge in [0.25, 0.3) is 5.56 Å². The first kappa shape index (κ1) is 28.5. The Hall–Kier alpha value is -3.23. The quantitative estimate of drug-likeness (QED) is 0.166. The van der Waals surface area contributed by atoms with Crippen molar-refractivity contribution in [3.8, 4) is 0 Å². The van der Waals surface area contributed by atoms with E-state index in [2.05, 4.69) is 29.9 Å². The largest absolute Gasteiger partial charge is 0.472 e. The SMILES string of the molecule is Nc1ncnc2c1ncn2C1OC2COP(=O)(O)O[C@@H]3C(COP(=O)(O)[C@H]2[C@H]1O)OC(n1cnc2c(=O)[nH]cnc21)[C@@H]3F. The predicted octanol–water partition coefficient (Wildman–Crippen LogP) is -0.878. The minimum Gasteiger partial charge on any atom is -0.387 e. The molecule has 0 aromatic carbocycles. The molecule has 0 saturated carbocycles. The first-order chi connectivity index (χ1) is 20.4. The number of nitrogens with two attached hydrogens (primary N) is 1. The van der Waals surface area contributed by atoms with Gasteiger partial charge in [-0.25, -0.2) is 33.9 Å². The summed E-state index contributed by atoms with van der Waals surface area (Å²) in [5.74, 6) is 0.0335. The molecular weight excluding hydrogens is 623 g/mol. The van der Waals surface area contributed by atoms with Gasteiger partial charge in [0, 0.05) is 0 Å². The summed E-state index contributed by atoms with van der Waals surface area (Å²) in [5.41, 5.74) is 3.61. The molecule has 3 aliphatic heterocycles. The zero-order valence-electron chi connectivity index (χ0n) is 21.4. The molecule has 4 aromatic heterocycles. The van der Waals surface area contributed by atoms with Crippen LogP contribution in [0.15, 0.2) is 30.1 Å². The van der Waals surface area contributed by atoms with Crippen LogP contribution in [0.3, 0.4) is 0 Å². The average Bonchev–Trinajstić information content (AvgIpc) is 3.71. The van der Waals surface area contributed by atoms with E-state index in [1.807, 2.05) is 0 Å².